The highest BCUT2D eigenvalue weighted by molar-refractivity contribution is 5.96. The molecule has 31 heavy (non-hydrogen) atoms. The third-order valence-electron chi connectivity index (χ3n) is 6.07. The molecule has 0 saturated carbocycles. The van der Waals surface area contributed by atoms with Crippen molar-refractivity contribution in [1.29, 1.82) is 0 Å². The largest absolute Gasteiger partial charge is 0.451 e. The van der Waals surface area contributed by atoms with Crippen LogP contribution in [0.5, 0.6) is 0 Å². The lowest BCUT2D eigenvalue weighted by atomic mass is 10.0. The molecule has 5 rings (SSSR count). The fourth-order valence-electron chi connectivity index (χ4n) is 4.41. The highest BCUT2D eigenvalue weighted by Gasteiger charge is 2.31. The Morgan fingerprint density at radius 1 is 1.03 bits per heavy atom. The first-order chi connectivity index (χ1) is 15.1. The van der Waals surface area contributed by atoms with Crippen molar-refractivity contribution in [3.8, 4) is 0 Å². The molecule has 0 unspecified atom stereocenters. The molecule has 2 aromatic carbocycles. The molecule has 0 aliphatic carbocycles. The van der Waals surface area contributed by atoms with Gasteiger partial charge in [-0.05, 0) is 30.7 Å². The first-order valence-corrected chi connectivity index (χ1v) is 10.7. The number of aryl methyl sites for hydroxylation is 2. The average molecular weight is 415 g/mol. The summed E-state index contributed by atoms with van der Waals surface area (Å²) in [4.78, 5) is 22.0. The van der Waals surface area contributed by atoms with Crippen LogP contribution in [0.3, 0.4) is 0 Å². The molecule has 1 amide bonds. The van der Waals surface area contributed by atoms with Gasteiger partial charge in [-0.1, -0.05) is 42.0 Å². The van der Waals surface area contributed by atoms with E-state index in [1.165, 1.54) is 5.56 Å². The van der Waals surface area contributed by atoms with Crippen molar-refractivity contribution in [3.63, 3.8) is 0 Å². The topological polar surface area (TPSA) is 54.5 Å². The van der Waals surface area contributed by atoms with Crippen molar-refractivity contribution in [2.24, 2.45) is 7.05 Å². The van der Waals surface area contributed by atoms with Gasteiger partial charge >= 0.3 is 0 Å². The molecule has 6 nitrogen and oxygen atoms in total. The lowest BCUT2D eigenvalue weighted by Crippen LogP contribution is -2.50. The summed E-state index contributed by atoms with van der Waals surface area (Å²) in [6.45, 7) is 4.90. The second-order valence-corrected chi connectivity index (χ2v) is 8.19. The number of hydrogen-bond donors (Lipinski definition) is 0. The van der Waals surface area contributed by atoms with E-state index in [1.807, 2.05) is 61.6 Å². The van der Waals surface area contributed by atoms with E-state index < -0.39 is 0 Å². The minimum absolute atomic E-state index is 0.0400. The van der Waals surface area contributed by atoms with Gasteiger partial charge in [0.2, 0.25) is 0 Å². The van der Waals surface area contributed by atoms with Crippen LogP contribution in [0.25, 0.3) is 11.0 Å². The van der Waals surface area contributed by atoms with Gasteiger partial charge in [-0.3, -0.25) is 9.69 Å². The third kappa shape index (κ3) is 3.75. The second kappa shape index (κ2) is 8.04. The van der Waals surface area contributed by atoms with Gasteiger partial charge in [0.1, 0.15) is 11.4 Å². The lowest BCUT2D eigenvalue weighted by molar-refractivity contribution is 0.0563. The number of imidazole rings is 1. The van der Waals surface area contributed by atoms with Crippen molar-refractivity contribution in [2.75, 3.05) is 26.2 Å². The van der Waals surface area contributed by atoms with Crippen molar-refractivity contribution in [2.45, 2.75) is 13.0 Å². The molecule has 0 spiro atoms. The summed E-state index contributed by atoms with van der Waals surface area (Å²) in [6, 6.07) is 18.3. The molecule has 1 saturated heterocycles. The SMILES string of the molecule is Cc1ccc2oc(C(=O)N3CCN([C@H](c4ccccc4)c4nccn4C)CC3)cc2c1. The van der Waals surface area contributed by atoms with E-state index in [0.717, 1.165) is 35.4 Å². The maximum Gasteiger partial charge on any atom is 0.289 e. The van der Waals surface area contributed by atoms with E-state index in [0.29, 0.717) is 18.8 Å². The fraction of sp³-hybridized carbons (Fsp3) is 0.280. The monoisotopic (exact) mass is 414 g/mol. The van der Waals surface area contributed by atoms with Crippen LogP contribution in [-0.2, 0) is 7.05 Å². The summed E-state index contributed by atoms with van der Waals surface area (Å²) in [5.41, 5.74) is 3.12. The first kappa shape index (κ1) is 19.6. The van der Waals surface area contributed by atoms with Crippen LogP contribution in [0.1, 0.15) is 33.5 Å². The molecular formula is C25H26N4O2. The van der Waals surface area contributed by atoms with E-state index in [-0.39, 0.29) is 11.9 Å². The van der Waals surface area contributed by atoms with Gasteiger partial charge in [0.25, 0.3) is 5.91 Å². The molecule has 1 fully saturated rings. The van der Waals surface area contributed by atoms with Crippen LogP contribution in [0.2, 0.25) is 0 Å². The van der Waals surface area contributed by atoms with E-state index >= 15 is 0 Å². The Hall–Kier alpha value is -3.38. The molecule has 1 aliphatic heterocycles. The molecule has 158 valence electrons. The van der Waals surface area contributed by atoms with E-state index in [4.69, 9.17) is 4.42 Å². The van der Waals surface area contributed by atoms with Gasteiger partial charge in [-0.25, -0.2) is 4.98 Å². The standard InChI is InChI=1S/C25H26N4O2/c1-18-8-9-21-20(16-18)17-22(31-21)25(30)29-14-12-28(13-15-29)23(19-6-4-3-5-7-19)24-26-10-11-27(24)2/h3-11,16-17,23H,12-15H2,1-2H3/t23-/m1/s1. The molecular weight excluding hydrogens is 388 g/mol. The molecule has 0 radical (unpaired) electrons. The maximum atomic E-state index is 13.1. The summed E-state index contributed by atoms with van der Waals surface area (Å²) in [6.07, 6.45) is 3.82. The van der Waals surface area contributed by atoms with Crippen molar-refractivity contribution < 1.29 is 9.21 Å². The Morgan fingerprint density at radius 2 is 1.81 bits per heavy atom. The fourth-order valence-corrected chi connectivity index (χ4v) is 4.41. The Bertz CT molecular complexity index is 1200. The average Bonchev–Trinajstić information content (AvgIpc) is 3.41. The Balaban J connectivity index is 1.34. The molecule has 2 aromatic heterocycles. The van der Waals surface area contributed by atoms with Gasteiger partial charge in [0, 0.05) is 51.0 Å². The number of aromatic nitrogens is 2. The number of amides is 1. The summed E-state index contributed by atoms with van der Waals surface area (Å²) < 4.78 is 7.91. The third-order valence-corrected chi connectivity index (χ3v) is 6.07. The highest BCUT2D eigenvalue weighted by Crippen LogP contribution is 2.29. The number of carbonyl (C=O) groups excluding carboxylic acids is 1. The molecule has 0 bridgehead atoms. The summed E-state index contributed by atoms with van der Waals surface area (Å²) in [5.74, 6) is 1.39. The van der Waals surface area contributed by atoms with Crippen LogP contribution in [-0.4, -0.2) is 51.4 Å². The van der Waals surface area contributed by atoms with Gasteiger partial charge in [0.15, 0.2) is 5.76 Å². The predicted molar refractivity (Wildman–Crippen MR) is 120 cm³/mol. The Kier molecular flexibility index (Phi) is 5.08. The smallest absolute Gasteiger partial charge is 0.289 e. The van der Waals surface area contributed by atoms with E-state index in [1.54, 1.807) is 0 Å². The van der Waals surface area contributed by atoms with Crippen LogP contribution in [0.4, 0.5) is 0 Å². The minimum atomic E-state index is -0.0400. The number of piperazine rings is 1. The second-order valence-electron chi connectivity index (χ2n) is 8.19. The number of carbonyl (C=O) groups is 1. The normalized spacial score (nSPS) is 16.0. The minimum Gasteiger partial charge on any atom is -0.451 e. The molecule has 1 atom stereocenters. The van der Waals surface area contributed by atoms with Crippen LogP contribution in [0, 0.1) is 6.92 Å². The zero-order valence-corrected chi connectivity index (χ0v) is 17.9. The number of nitrogens with zero attached hydrogens (tertiary/aromatic N) is 4. The Morgan fingerprint density at radius 3 is 2.52 bits per heavy atom. The van der Waals surface area contributed by atoms with Crippen molar-refractivity contribution in [1.82, 2.24) is 19.4 Å². The number of hydrogen-bond acceptors (Lipinski definition) is 4. The molecule has 6 heteroatoms. The van der Waals surface area contributed by atoms with Crippen LogP contribution < -0.4 is 0 Å². The molecule has 4 aromatic rings. The Labute approximate surface area is 181 Å². The van der Waals surface area contributed by atoms with Gasteiger partial charge in [-0.15, -0.1) is 0 Å². The predicted octanol–water partition coefficient (Wildman–Crippen LogP) is 4.02. The van der Waals surface area contributed by atoms with E-state index in [9.17, 15) is 4.79 Å². The number of furan rings is 1. The summed E-state index contributed by atoms with van der Waals surface area (Å²) in [5, 5.41) is 0.973. The number of benzene rings is 2. The molecule has 1 aliphatic rings. The quantitative estimate of drug-likeness (QED) is 0.506. The van der Waals surface area contributed by atoms with Crippen LogP contribution in [0.15, 0.2) is 71.4 Å². The summed E-state index contributed by atoms with van der Waals surface area (Å²) >= 11 is 0. The number of fused-ring (bicyclic) bond motifs is 1. The van der Waals surface area contributed by atoms with Gasteiger partial charge in [-0.2, -0.15) is 0 Å². The van der Waals surface area contributed by atoms with Gasteiger partial charge < -0.3 is 13.9 Å². The first-order valence-electron chi connectivity index (χ1n) is 10.7. The van der Waals surface area contributed by atoms with E-state index in [2.05, 4.69) is 38.7 Å². The van der Waals surface area contributed by atoms with Crippen molar-refractivity contribution >= 4 is 16.9 Å². The zero-order valence-electron chi connectivity index (χ0n) is 17.9. The highest BCUT2D eigenvalue weighted by atomic mass is 16.3. The number of rotatable bonds is 4. The molecule has 3 heterocycles. The van der Waals surface area contributed by atoms with Crippen LogP contribution >= 0.6 is 0 Å². The lowest BCUT2D eigenvalue weighted by Gasteiger charge is -2.39. The molecule has 0 N–H and O–H groups in total. The summed E-state index contributed by atoms with van der Waals surface area (Å²) in [7, 11) is 2.03. The maximum absolute atomic E-state index is 13.1. The zero-order chi connectivity index (χ0) is 21.4. The van der Waals surface area contributed by atoms with Gasteiger partial charge in [0.05, 0.1) is 6.04 Å². The van der Waals surface area contributed by atoms with Crippen molar-refractivity contribution in [3.05, 3.63) is 89.7 Å².